The standard InChI is InChI=1S/C8H7F6N3O/c9-7(10,11)4-16-5(18-17-4)6(8(12,13)14)1-2-15-3-6/h15H,1-3H2. The number of hydrogen-bond donors (Lipinski definition) is 1. The van der Waals surface area contributed by atoms with E-state index in [1.807, 2.05) is 0 Å². The second kappa shape index (κ2) is 3.84. The van der Waals surface area contributed by atoms with Crippen LogP contribution in [0.3, 0.4) is 0 Å². The lowest BCUT2D eigenvalue weighted by Crippen LogP contribution is -2.44. The van der Waals surface area contributed by atoms with Crippen LogP contribution in [0.2, 0.25) is 0 Å². The van der Waals surface area contributed by atoms with E-state index >= 15 is 0 Å². The molecule has 1 aromatic rings. The lowest BCUT2D eigenvalue weighted by atomic mass is 9.86. The Kier molecular flexibility index (Phi) is 2.80. The smallest absolute Gasteiger partial charge is 0.338 e. The Morgan fingerprint density at radius 2 is 1.83 bits per heavy atom. The Morgan fingerprint density at radius 3 is 2.22 bits per heavy atom. The zero-order chi connectivity index (χ0) is 13.6. The van der Waals surface area contributed by atoms with Gasteiger partial charge in [-0.05, 0) is 13.0 Å². The van der Waals surface area contributed by atoms with Crippen LogP contribution in [0, 0.1) is 0 Å². The van der Waals surface area contributed by atoms with E-state index in [0.717, 1.165) is 0 Å². The molecule has 0 radical (unpaired) electrons. The third-order valence-electron chi connectivity index (χ3n) is 2.79. The molecule has 0 amide bonds. The highest BCUT2D eigenvalue weighted by Gasteiger charge is 2.61. The fraction of sp³-hybridized carbons (Fsp3) is 0.750. The zero-order valence-electron chi connectivity index (χ0n) is 8.69. The van der Waals surface area contributed by atoms with Crippen molar-refractivity contribution in [2.24, 2.45) is 0 Å². The number of halogens is 6. The van der Waals surface area contributed by atoms with Gasteiger partial charge >= 0.3 is 12.4 Å². The summed E-state index contributed by atoms with van der Waals surface area (Å²) in [5, 5.41) is 4.99. The van der Waals surface area contributed by atoms with E-state index in [1.54, 1.807) is 0 Å². The molecule has 2 heterocycles. The summed E-state index contributed by atoms with van der Waals surface area (Å²) in [6.07, 6.45) is -10.1. The normalized spacial score (nSPS) is 25.7. The Bertz CT molecular complexity index is 431. The van der Waals surface area contributed by atoms with Crippen molar-refractivity contribution < 1.29 is 30.9 Å². The van der Waals surface area contributed by atoms with Crippen LogP contribution < -0.4 is 5.32 Å². The molecule has 0 spiro atoms. The number of nitrogens with zero attached hydrogens (tertiary/aromatic N) is 2. The van der Waals surface area contributed by atoms with Crippen LogP contribution in [0.4, 0.5) is 26.3 Å². The number of hydrogen-bond acceptors (Lipinski definition) is 4. The van der Waals surface area contributed by atoms with Gasteiger partial charge in [-0.1, -0.05) is 5.16 Å². The van der Waals surface area contributed by atoms with Gasteiger partial charge in [0.15, 0.2) is 5.41 Å². The molecule has 0 aliphatic carbocycles. The fourth-order valence-electron chi connectivity index (χ4n) is 1.77. The lowest BCUT2D eigenvalue weighted by Gasteiger charge is -2.26. The molecule has 1 atom stereocenters. The van der Waals surface area contributed by atoms with Crippen molar-refractivity contribution in [2.75, 3.05) is 13.1 Å². The predicted octanol–water partition coefficient (Wildman–Crippen LogP) is 1.88. The molecule has 1 fully saturated rings. The molecule has 0 bridgehead atoms. The van der Waals surface area contributed by atoms with Gasteiger partial charge in [0, 0.05) is 6.54 Å². The van der Waals surface area contributed by atoms with Gasteiger partial charge in [-0.3, -0.25) is 0 Å². The Balaban J connectivity index is 2.42. The second-order valence-electron chi connectivity index (χ2n) is 3.93. The van der Waals surface area contributed by atoms with Gasteiger partial charge in [0.1, 0.15) is 0 Å². The van der Waals surface area contributed by atoms with Crippen LogP contribution in [-0.4, -0.2) is 29.4 Å². The first-order valence-corrected chi connectivity index (χ1v) is 4.86. The Labute approximate surface area is 96.3 Å². The average molecular weight is 275 g/mol. The Morgan fingerprint density at radius 1 is 1.17 bits per heavy atom. The summed E-state index contributed by atoms with van der Waals surface area (Å²) in [5.41, 5.74) is -2.54. The van der Waals surface area contributed by atoms with E-state index in [9.17, 15) is 26.3 Å². The molecule has 1 aromatic heterocycles. The summed E-state index contributed by atoms with van der Waals surface area (Å²) in [4.78, 5) is 2.84. The number of nitrogens with one attached hydrogen (secondary N) is 1. The van der Waals surface area contributed by atoms with Crippen LogP contribution in [0.15, 0.2) is 4.52 Å². The molecule has 1 unspecified atom stereocenters. The first-order chi connectivity index (χ1) is 8.17. The van der Waals surface area contributed by atoms with E-state index in [0.29, 0.717) is 0 Å². The minimum Gasteiger partial charge on any atom is -0.338 e. The van der Waals surface area contributed by atoms with Gasteiger partial charge in [-0.15, -0.1) is 0 Å². The van der Waals surface area contributed by atoms with Crippen molar-refractivity contribution in [1.29, 1.82) is 0 Å². The maximum atomic E-state index is 13.0. The monoisotopic (exact) mass is 275 g/mol. The summed E-state index contributed by atoms with van der Waals surface area (Å²) in [5.74, 6) is -2.75. The van der Waals surface area contributed by atoms with Crippen LogP contribution in [0.5, 0.6) is 0 Å². The Hall–Kier alpha value is -1.32. The maximum absolute atomic E-state index is 13.0. The highest BCUT2D eigenvalue weighted by Crippen LogP contribution is 2.45. The number of aromatic nitrogens is 2. The number of alkyl halides is 6. The molecular formula is C8H7F6N3O. The van der Waals surface area contributed by atoms with Crippen LogP contribution >= 0.6 is 0 Å². The van der Waals surface area contributed by atoms with Crippen molar-refractivity contribution in [3.05, 3.63) is 11.7 Å². The molecule has 1 saturated heterocycles. The summed E-state index contributed by atoms with van der Waals surface area (Å²) < 4.78 is 79.7. The fourth-order valence-corrected chi connectivity index (χ4v) is 1.77. The lowest BCUT2D eigenvalue weighted by molar-refractivity contribution is -0.191. The van der Waals surface area contributed by atoms with Crippen molar-refractivity contribution in [1.82, 2.24) is 15.5 Å². The van der Waals surface area contributed by atoms with Gasteiger partial charge in [-0.25, -0.2) is 0 Å². The summed E-state index contributed by atoms with van der Waals surface area (Å²) in [7, 11) is 0. The molecule has 0 aromatic carbocycles. The van der Waals surface area contributed by atoms with Gasteiger partial charge < -0.3 is 9.84 Å². The summed E-state index contributed by atoms with van der Waals surface area (Å²) >= 11 is 0. The average Bonchev–Trinajstić information content (AvgIpc) is 2.85. The van der Waals surface area contributed by atoms with Crippen molar-refractivity contribution >= 4 is 0 Å². The number of rotatable bonds is 1. The minimum absolute atomic E-state index is 0.0171. The molecule has 0 saturated carbocycles. The third kappa shape index (κ3) is 1.93. The molecule has 4 nitrogen and oxygen atoms in total. The third-order valence-corrected chi connectivity index (χ3v) is 2.79. The molecule has 102 valence electrons. The molecule has 10 heteroatoms. The van der Waals surface area contributed by atoms with Gasteiger partial charge in [0.2, 0.25) is 5.89 Å². The van der Waals surface area contributed by atoms with E-state index in [2.05, 4.69) is 20.0 Å². The van der Waals surface area contributed by atoms with Crippen molar-refractivity contribution in [2.45, 2.75) is 24.2 Å². The van der Waals surface area contributed by atoms with Crippen LogP contribution in [0.25, 0.3) is 0 Å². The zero-order valence-corrected chi connectivity index (χ0v) is 8.69. The van der Waals surface area contributed by atoms with Crippen molar-refractivity contribution in [3.63, 3.8) is 0 Å². The van der Waals surface area contributed by atoms with E-state index in [4.69, 9.17) is 0 Å². The molecular weight excluding hydrogens is 268 g/mol. The molecule has 1 aliphatic rings. The van der Waals surface area contributed by atoms with Gasteiger partial charge in [-0.2, -0.15) is 31.3 Å². The SMILES string of the molecule is FC(F)(F)c1noc(C2(C(F)(F)F)CCNC2)n1. The summed E-state index contributed by atoms with van der Waals surface area (Å²) in [6.45, 7) is -0.556. The van der Waals surface area contributed by atoms with E-state index in [-0.39, 0.29) is 6.54 Å². The van der Waals surface area contributed by atoms with Crippen LogP contribution in [-0.2, 0) is 11.6 Å². The predicted molar refractivity (Wildman–Crippen MR) is 44.5 cm³/mol. The molecule has 1 aliphatic heterocycles. The van der Waals surface area contributed by atoms with Crippen molar-refractivity contribution in [3.8, 4) is 0 Å². The minimum atomic E-state index is -4.93. The topological polar surface area (TPSA) is 51.0 Å². The van der Waals surface area contributed by atoms with Gasteiger partial charge in [0.25, 0.3) is 5.82 Å². The highest BCUT2D eigenvalue weighted by atomic mass is 19.4. The van der Waals surface area contributed by atoms with E-state index < -0.39 is 42.4 Å². The quantitative estimate of drug-likeness (QED) is 0.795. The highest BCUT2D eigenvalue weighted by molar-refractivity contribution is 5.14. The summed E-state index contributed by atoms with van der Waals surface area (Å²) in [6, 6.07) is 0. The first kappa shape index (κ1) is 13.1. The van der Waals surface area contributed by atoms with Crippen LogP contribution in [0.1, 0.15) is 18.1 Å². The first-order valence-electron chi connectivity index (χ1n) is 4.86. The maximum Gasteiger partial charge on any atom is 0.455 e. The molecule has 18 heavy (non-hydrogen) atoms. The van der Waals surface area contributed by atoms with Gasteiger partial charge in [0.05, 0.1) is 0 Å². The molecule has 1 N–H and O–H groups in total. The molecule has 2 rings (SSSR count). The van der Waals surface area contributed by atoms with E-state index in [1.165, 1.54) is 0 Å². The second-order valence-corrected chi connectivity index (χ2v) is 3.93. The largest absolute Gasteiger partial charge is 0.455 e.